The van der Waals surface area contributed by atoms with Gasteiger partial charge >= 0.3 is 0 Å². The van der Waals surface area contributed by atoms with E-state index in [0.717, 1.165) is 6.07 Å². The summed E-state index contributed by atoms with van der Waals surface area (Å²) in [7, 11) is 0. The summed E-state index contributed by atoms with van der Waals surface area (Å²) in [6.45, 7) is 0.0746. The summed E-state index contributed by atoms with van der Waals surface area (Å²) in [6.07, 6.45) is -2.21. The summed E-state index contributed by atoms with van der Waals surface area (Å²) >= 11 is 2.98. The van der Waals surface area contributed by atoms with E-state index in [0.29, 0.717) is 11.8 Å². The van der Waals surface area contributed by atoms with E-state index in [2.05, 4.69) is 20.9 Å². The third-order valence-electron chi connectivity index (χ3n) is 1.68. The number of carbonyl (C=O) groups is 1. The summed E-state index contributed by atoms with van der Waals surface area (Å²) in [6, 6.07) is 1.05. The zero-order chi connectivity index (χ0) is 10.7. The van der Waals surface area contributed by atoms with Gasteiger partial charge in [0.05, 0.1) is 0 Å². The lowest BCUT2D eigenvalue weighted by atomic mass is 10.1. The topological polar surface area (TPSA) is 56.0 Å². The van der Waals surface area contributed by atoms with Gasteiger partial charge in [0.1, 0.15) is 10.3 Å². The van der Waals surface area contributed by atoms with Crippen molar-refractivity contribution in [2.75, 3.05) is 0 Å². The molecule has 1 rings (SSSR count). The van der Waals surface area contributed by atoms with Crippen LogP contribution in [0.5, 0.6) is 0 Å². The number of alkyl halides is 2. The molecule has 1 aromatic heterocycles. The van der Waals surface area contributed by atoms with Gasteiger partial charge in [0.15, 0.2) is 6.29 Å². The molecule has 0 bridgehead atoms. The molecule has 2 N–H and O–H groups in total. The fraction of sp³-hybridized carbons (Fsp3) is 0.250. The van der Waals surface area contributed by atoms with Crippen molar-refractivity contribution in [1.29, 1.82) is 0 Å². The maximum absolute atomic E-state index is 12.3. The summed E-state index contributed by atoms with van der Waals surface area (Å²) in [5, 5.41) is 0. The normalized spacial score (nSPS) is 10.6. The first kappa shape index (κ1) is 11.2. The van der Waals surface area contributed by atoms with Crippen molar-refractivity contribution in [2.24, 2.45) is 5.73 Å². The highest BCUT2D eigenvalue weighted by Gasteiger charge is 2.14. The van der Waals surface area contributed by atoms with Gasteiger partial charge in [-0.25, -0.2) is 13.8 Å². The number of pyridine rings is 1. The van der Waals surface area contributed by atoms with E-state index < -0.39 is 12.1 Å². The van der Waals surface area contributed by atoms with Gasteiger partial charge in [0.25, 0.3) is 6.43 Å². The Morgan fingerprint density at radius 2 is 2.29 bits per heavy atom. The molecule has 0 saturated heterocycles. The number of halogens is 3. The number of hydrogen-bond donors (Lipinski definition) is 1. The number of rotatable bonds is 3. The molecule has 0 unspecified atom stereocenters. The molecule has 0 aliphatic carbocycles. The third-order valence-corrected chi connectivity index (χ3v) is 2.34. The van der Waals surface area contributed by atoms with Gasteiger partial charge in [0, 0.05) is 17.7 Å². The molecule has 0 amide bonds. The van der Waals surface area contributed by atoms with Gasteiger partial charge in [-0.1, -0.05) is 0 Å². The Balaban J connectivity index is 3.31. The van der Waals surface area contributed by atoms with Gasteiger partial charge in [-0.05, 0) is 22.0 Å². The average Bonchev–Trinajstić information content (AvgIpc) is 2.16. The first-order valence-corrected chi connectivity index (χ1v) is 4.52. The monoisotopic (exact) mass is 264 g/mol. The van der Waals surface area contributed by atoms with Crippen LogP contribution in [-0.4, -0.2) is 11.3 Å². The van der Waals surface area contributed by atoms with Gasteiger partial charge < -0.3 is 5.73 Å². The molecule has 1 aromatic rings. The molecule has 0 aliphatic heterocycles. The lowest BCUT2D eigenvalue weighted by Gasteiger charge is -2.07. The van der Waals surface area contributed by atoms with Crippen LogP contribution in [0.4, 0.5) is 8.78 Å². The Hall–Kier alpha value is -0.880. The molecule has 3 nitrogen and oxygen atoms in total. The van der Waals surface area contributed by atoms with Crippen molar-refractivity contribution < 1.29 is 13.6 Å². The van der Waals surface area contributed by atoms with Crippen LogP contribution in [0.3, 0.4) is 0 Å². The molecule has 0 radical (unpaired) electrons. The lowest BCUT2D eigenvalue weighted by molar-refractivity contribution is 0.112. The fourth-order valence-corrected chi connectivity index (χ4v) is 1.59. The molecule has 0 atom stereocenters. The predicted molar refractivity (Wildman–Crippen MR) is 50.2 cm³/mol. The first-order chi connectivity index (χ1) is 6.60. The Bertz CT molecular complexity index is 357. The minimum atomic E-state index is -2.70. The van der Waals surface area contributed by atoms with E-state index >= 15 is 0 Å². The maximum atomic E-state index is 12.3. The molecule has 6 heteroatoms. The van der Waals surface area contributed by atoms with Crippen molar-refractivity contribution in [3.8, 4) is 0 Å². The highest BCUT2D eigenvalue weighted by molar-refractivity contribution is 9.10. The Morgan fingerprint density at radius 1 is 1.64 bits per heavy atom. The van der Waals surface area contributed by atoms with Crippen molar-refractivity contribution in [1.82, 2.24) is 4.98 Å². The van der Waals surface area contributed by atoms with E-state index in [-0.39, 0.29) is 16.7 Å². The van der Waals surface area contributed by atoms with Crippen LogP contribution in [-0.2, 0) is 6.54 Å². The number of aldehydes is 1. The van der Waals surface area contributed by atoms with E-state index in [1.807, 2.05) is 0 Å². The SMILES string of the molecule is NCc1c(C=O)cc(C(F)F)nc1Br. The molecular formula is C8H7BrF2N2O. The number of nitrogens with two attached hydrogens (primary N) is 1. The van der Waals surface area contributed by atoms with E-state index in [9.17, 15) is 13.6 Å². The van der Waals surface area contributed by atoms with Gasteiger partial charge in [-0.15, -0.1) is 0 Å². The van der Waals surface area contributed by atoms with Crippen molar-refractivity contribution in [2.45, 2.75) is 13.0 Å². The molecule has 0 aromatic carbocycles. The first-order valence-electron chi connectivity index (χ1n) is 3.72. The smallest absolute Gasteiger partial charge is 0.280 e. The van der Waals surface area contributed by atoms with Crippen LogP contribution in [0.1, 0.15) is 28.0 Å². The molecule has 76 valence electrons. The van der Waals surface area contributed by atoms with Gasteiger partial charge in [0.2, 0.25) is 0 Å². The third kappa shape index (κ3) is 2.13. The van der Waals surface area contributed by atoms with E-state index in [1.165, 1.54) is 0 Å². The standard InChI is InChI=1S/C8H7BrF2N2O/c9-7-5(2-12)4(3-14)1-6(13-7)8(10)11/h1,3,8H,2,12H2. The summed E-state index contributed by atoms with van der Waals surface area (Å²) in [5.41, 5.74) is 5.48. The zero-order valence-corrected chi connectivity index (χ0v) is 8.59. The number of nitrogens with zero attached hydrogens (tertiary/aromatic N) is 1. The maximum Gasteiger partial charge on any atom is 0.280 e. The van der Waals surface area contributed by atoms with E-state index in [4.69, 9.17) is 5.73 Å². The van der Waals surface area contributed by atoms with Crippen LogP contribution in [0.15, 0.2) is 10.7 Å². The fourth-order valence-electron chi connectivity index (χ4n) is 0.998. The van der Waals surface area contributed by atoms with E-state index in [1.54, 1.807) is 0 Å². The molecule has 0 saturated carbocycles. The Labute approximate surface area is 87.4 Å². The number of hydrogen-bond acceptors (Lipinski definition) is 3. The van der Waals surface area contributed by atoms with Crippen molar-refractivity contribution in [3.63, 3.8) is 0 Å². The molecular weight excluding hydrogens is 258 g/mol. The molecule has 0 spiro atoms. The lowest BCUT2D eigenvalue weighted by Crippen LogP contribution is -2.06. The van der Waals surface area contributed by atoms with Gasteiger partial charge in [-0.3, -0.25) is 4.79 Å². The number of carbonyl (C=O) groups excluding carboxylic acids is 1. The second-order valence-corrected chi connectivity index (χ2v) is 3.28. The van der Waals surface area contributed by atoms with Crippen LogP contribution in [0.2, 0.25) is 0 Å². The molecule has 14 heavy (non-hydrogen) atoms. The van der Waals surface area contributed by atoms with Crippen LogP contribution < -0.4 is 5.73 Å². The average molecular weight is 265 g/mol. The highest BCUT2D eigenvalue weighted by atomic mass is 79.9. The Kier molecular flexibility index (Phi) is 3.65. The Morgan fingerprint density at radius 3 is 2.71 bits per heavy atom. The van der Waals surface area contributed by atoms with Crippen LogP contribution >= 0.6 is 15.9 Å². The predicted octanol–water partition coefficient (Wildman–Crippen LogP) is 2.05. The molecule has 1 heterocycles. The molecule has 0 fully saturated rings. The van der Waals surface area contributed by atoms with Crippen LogP contribution in [0, 0.1) is 0 Å². The number of aromatic nitrogens is 1. The van der Waals surface area contributed by atoms with Crippen molar-refractivity contribution >= 4 is 22.2 Å². The summed E-state index contributed by atoms with van der Waals surface area (Å²) in [4.78, 5) is 14.1. The second kappa shape index (κ2) is 4.56. The van der Waals surface area contributed by atoms with Crippen molar-refractivity contribution in [3.05, 3.63) is 27.5 Å². The zero-order valence-electron chi connectivity index (χ0n) is 7.01. The quantitative estimate of drug-likeness (QED) is 0.672. The summed E-state index contributed by atoms with van der Waals surface area (Å²) in [5.74, 6) is 0. The largest absolute Gasteiger partial charge is 0.326 e. The minimum absolute atomic E-state index is 0.0746. The minimum Gasteiger partial charge on any atom is -0.326 e. The second-order valence-electron chi connectivity index (χ2n) is 2.53. The van der Waals surface area contributed by atoms with Crippen LogP contribution in [0.25, 0.3) is 0 Å². The van der Waals surface area contributed by atoms with Gasteiger partial charge in [-0.2, -0.15) is 0 Å². The molecule has 0 aliphatic rings. The highest BCUT2D eigenvalue weighted by Crippen LogP contribution is 2.24. The summed E-state index contributed by atoms with van der Waals surface area (Å²) < 4.78 is 24.7.